The smallest absolute Gasteiger partial charge is 0.0592 e. The van der Waals surface area contributed by atoms with Crippen LogP contribution in [0.25, 0.3) is 5.70 Å². The summed E-state index contributed by atoms with van der Waals surface area (Å²) < 4.78 is 0. The molecule has 0 aliphatic heterocycles. The van der Waals surface area contributed by atoms with Gasteiger partial charge in [-0.15, -0.1) is 0 Å². The minimum Gasteiger partial charge on any atom is -0.398 e. The minimum absolute atomic E-state index is 0.510. The lowest BCUT2D eigenvalue weighted by atomic mass is 9.99. The van der Waals surface area contributed by atoms with Crippen LogP contribution in [0.3, 0.4) is 0 Å². The van der Waals surface area contributed by atoms with E-state index in [9.17, 15) is 0 Å². The molecule has 0 saturated carbocycles. The second kappa shape index (κ2) is 5.30. The first kappa shape index (κ1) is 11.4. The molecule has 0 heterocycles. The molecule has 0 fully saturated rings. The molecule has 1 aliphatic carbocycles. The SMILES string of the molecule is N=C(/C=C(\N)c1ccccc1)C1=CC=CCC1. The highest BCUT2D eigenvalue weighted by Crippen LogP contribution is 2.15. The van der Waals surface area contributed by atoms with Gasteiger partial charge in [0.2, 0.25) is 0 Å². The molecule has 2 heteroatoms. The van der Waals surface area contributed by atoms with E-state index in [-0.39, 0.29) is 0 Å². The highest BCUT2D eigenvalue weighted by atomic mass is 14.6. The van der Waals surface area contributed by atoms with Gasteiger partial charge in [0.1, 0.15) is 0 Å². The molecule has 0 saturated heterocycles. The number of hydrogen-bond acceptors (Lipinski definition) is 2. The average molecular weight is 224 g/mol. The first-order valence-corrected chi connectivity index (χ1v) is 5.74. The van der Waals surface area contributed by atoms with E-state index in [0.29, 0.717) is 11.4 Å². The monoisotopic (exact) mass is 224 g/mol. The van der Waals surface area contributed by atoms with Crippen molar-refractivity contribution in [2.75, 3.05) is 0 Å². The van der Waals surface area contributed by atoms with Crippen LogP contribution in [-0.2, 0) is 0 Å². The molecule has 0 bridgehead atoms. The van der Waals surface area contributed by atoms with Gasteiger partial charge in [0, 0.05) is 5.70 Å². The zero-order valence-corrected chi connectivity index (χ0v) is 9.69. The molecule has 0 amide bonds. The second-order valence-electron chi connectivity index (χ2n) is 4.04. The van der Waals surface area contributed by atoms with E-state index in [1.807, 2.05) is 42.5 Å². The van der Waals surface area contributed by atoms with Crippen LogP contribution in [0.4, 0.5) is 0 Å². The first-order valence-electron chi connectivity index (χ1n) is 5.74. The maximum atomic E-state index is 8.00. The van der Waals surface area contributed by atoms with Crippen molar-refractivity contribution in [3.8, 4) is 0 Å². The fourth-order valence-corrected chi connectivity index (χ4v) is 1.79. The summed E-state index contributed by atoms with van der Waals surface area (Å²) in [4.78, 5) is 0. The van der Waals surface area contributed by atoms with E-state index in [2.05, 4.69) is 6.08 Å². The van der Waals surface area contributed by atoms with Crippen molar-refractivity contribution in [3.05, 3.63) is 65.8 Å². The number of nitrogens with two attached hydrogens (primary N) is 1. The third kappa shape index (κ3) is 2.94. The van der Waals surface area contributed by atoms with Gasteiger partial charge in [0.15, 0.2) is 0 Å². The van der Waals surface area contributed by atoms with E-state index in [1.54, 1.807) is 6.08 Å². The Balaban J connectivity index is 2.17. The Kier molecular flexibility index (Phi) is 3.55. The molecule has 17 heavy (non-hydrogen) atoms. The summed E-state index contributed by atoms with van der Waals surface area (Å²) in [5, 5.41) is 8.00. The normalized spacial score (nSPS) is 15.5. The molecule has 0 unspecified atom stereocenters. The number of nitrogens with one attached hydrogen (secondary N) is 1. The topological polar surface area (TPSA) is 49.9 Å². The van der Waals surface area contributed by atoms with Crippen molar-refractivity contribution in [1.82, 2.24) is 0 Å². The van der Waals surface area contributed by atoms with Gasteiger partial charge in [-0.3, -0.25) is 0 Å². The third-order valence-electron chi connectivity index (χ3n) is 2.77. The zero-order valence-electron chi connectivity index (χ0n) is 9.69. The summed E-state index contributed by atoms with van der Waals surface area (Å²) in [6, 6.07) is 9.75. The van der Waals surface area contributed by atoms with Crippen LogP contribution < -0.4 is 5.73 Å². The summed E-state index contributed by atoms with van der Waals surface area (Å²) in [6.45, 7) is 0. The maximum absolute atomic E-state index is 8.00. The molecule has 0 radical (unpaired) electrons. The minimum atomic E-state index is 0.510. The zero-order chi connectivity index (χ0) is 12.1. The highest BCUT2D eigenvalue weighted by Gasteiger charge is 2.05. The molecule has 1 aliphatic rings. The van der Waals surface area contributed by atoms with Crippen LogP contribution >= 0.6 is 0 Å². The first-order chi connectivity index (χ1) is 8.27. The van der Waals surface area contributed by atoms with E-state index >= 15 is 0 Å². The number of allylic oxidation sites excluding steroid dienone is 5. The molecule has 0 atom stereocenters. The van der Waals surface area contributed by atoms with Gasteiger partial charge >= 0.3 is 0 Å². The van der Waals surface area contributed by atoms with Crippen LogP contribution in [0.2, 0.25) is 0 Å². The Hall–Kier alpha value is -2.09. The van der Waals surface area contributed by atoms with Crippen molar-refractivity contribution in [3.63, 3.8) is 0 Å². The van der Waals surface area contributed by atoms with Crippen LogP contribution in [0, 0.1) is 5.41 Å². The fraction of sp³-hybridized carbons (Fsp3) is 0.133. The lowest BCUT2D eigenvalue weighted by molar-refractivity contribution is 1.00. The predicted octanol–water partition coefficient (Wildman–Crippen LogP) is 3.28. The Labute approximate surface area is 102 Å². The predicted molar refractivity (Wildman–Crippen MR) is 72.8 cm³/mol. The van der Waals surface area contributed by atoms with Crippen molar-refractivity contribution in [2.45, 2.75) is 12.8 Å². The van der Waals surface area contributed by atoms with Crippen LogP contribution in [-0.4, -0.2) is 5.71 Å². The van der Waals surface area contributed by atoms with Crippen LogP contribution in [0.5, 0.6) is 0 Å². The van der Waals surface area contributed by atoms with Crippen molar-refractivity contribution in [2.24, 2.45) is 5.73 Å². The van der Waals surface area contributed by atoms with Gasteiger partial charge in [-0.1, -0.05) is 48.6 Å². The maximum Gasteiger partial charge on any atom is 0.0592 e. The third-order valence-corrected chi connectivity index (χ3v) is 2.77. The van der Waals surface area contributed by atoms with Crippen LogP contribution in [0.15, 0.2) is 60.2 Å². The van der Waals surface area contributed by atoms with Gasteiger partial charge in [0.05, 0.1) is 5.71 Å². The van der Waals surface area contributed by atoms with Gasteiger partial charge in [0.25, 0.3) is 0 Å². The Morgan fingerprint density at radius 2 is 2.00 bits per heavy atom. The lowest BCUT2D eigenvalue weighted by Gasteiger charge is -2.08. The lowest BCUT2D eigenvalue weighted by Crippen LogP contribution is -2.04. The molecule has 86 valence electrons. The van der Waals surface area contributed by atoms with E-state index < -0.39 is 0 Å². The molecule has 1 aromatic carbocycles. The van der Waals surface area contributed by atoms with Gasteiger partial charge < -0.3 is 11.1 Å². The van der Waals surface area contributed by atoms with Crippen molar-refractivity contribution < 1.29 is 0 Å². The molecule has 0 spiro atoms. The number of rotatable bonds is 3. The van der Waals surface area contributed by atoms with Gasteiger partial charge in [-0.25, -0.2) is 0 Å². The standard InChI is InChI=1S/C15H16N2/c16-14(12-7-3-1-4-8-12)11-15(17)13-9-5-2-6-10-13/h1-5,7-9,11,17H,6,10,16H2/b14-11-,17-15?. The summed E-state index contributed by atoms with van der Waals surface area (Å²) >= 11 is 0. The quantitative estimate of drug-likeness (QED) is 0.760. The number of benzene rings is 1. The molecule has 2 nitrogen and oxygen atoms in total. The molecule has 3 N–H and O–H groups in total. The summed E-state index contributed by atoms with van der Waals surface area (Å²) in [5.41, 5.74) is 9.14. The fourth-order valence-electron chi connectivity index (χ4n) is 1.79. The number of hydrogen-bond donors (Lipinski definition) is 2. The molecule has 0 aromatic heterocycles. The molecular weight excluding hydrogens is 208 g/mol. The van der Waals surface area contributed by atoms with E-state index in [0.717, 1.165) is 24.0 Å². The average Bonchev–Trinajstić information content (AvgIpc) is 2.40. The Morgan fingerprint density at radius 3 is 2.65 bits per heavy atom. The Bertz CT molecular complexity index is 493. The second-order valence-corrected chi connectivity index (χ2v) is 4.04. The van der Waals surface area contributed by atoms with Crippen molar-refractivity contribution in [1.29, 1.82) is 5.41 Å². The van der Waals surface area contributed by atoms with Gasteiger partial charge in [-0.05, 0) is 30.1 Å². The van der Waals surface area contributed by atoms with Crippen molar-refractivity contribution >= 4 is 11.4 Å². The molecule has 2 rings (SSSR count). The molecular formula is C15H16N2. The highest BCUT2D eigenvalue weighted by molar-refractivity contribution is 6.10. The molecule has 1 aromatic rings. The van der Waals surface area contributed by atoms with Gasteiger partial charge in [-0.2, -0.15) is 0 Å². The van der Waals surface area contributed by atoms with E-state index in [4.69, 9.17) is 11.1 Å². The van der Waals surface area contributed by atoms with Crippen LogP contribution in [0.1, 0.15) is 18.4 Å². The largest absolute Gasteiger partial charge is 0.398 e. The Morgan fingerprint density at radius 1 is 1.24 bits per heavy atom. The summed E-state index contributed by atoms with van der Waals surface area (Å²) in [7, 11) is 0. The van der Waals surface area contributed by atoms with E-state index in [1.165, 1.54) is 0 Å². The summed E-state index contributed by atoms with van der Waals surface area (Å²) in [5.74, 6) is 0. The summed E-state index contributed by atoms with van der Waals surface area (Å²) in [6.07, 6.45) is 9.77.